The summed E-state index contributed by atoms with van der Waals surface area (Å²) in [6.07, 6.45) is 1.49. The second-order valence-electron chi connectivity index (χ2n) is 5.73. The second kappa shape index (κ2) is 7.03. The molecule has 1 heterocycles. The van der Waals surface area contributed by atoms with E-state index in [9.17, 15) is 9.18 Å². The van der Waals surface area contributed by atoms with Crippen LogP contribution < -0.4 is 4.90 Å². The van der Waals surface area contributed by atoms with Gasteiger partial charge in [0, 0.05) is 11.6 Å². The molecule has 0 atom stereocenters. The third-order valence-electron chi connectivity index (χ3n) is 3.67. The van der Waals surface area contributed by atoms with Crippen molar-refractivity contribution in [1.82, 2.24) is 15.0 Å². The van der Waals surface area contributed by atoms with E-state index < -0.39 is 11.8 Å². The molecule has 2 aromatic carbocycles. The SMILES string of the molecule is CC(C)N(C(=O)n1cc(-c2ccccc2Cl)nn1)c1ccccc1F. The summed E-state index contributed by atoms with van der Waals surface area (Å²) in [5.74, 6) is -0.476. The van der Waals surface area contributed by atoms with Gasteiger partial charge in [-0.2, -0.15) is 4.68 Å². The molecule has 0 aliphatic heterocycles. The highest BCUT2D eigenvalue weighted by Crippen LogP contribution is 2.26. The standard InChI is InChI=1S/C18H16ClFN4O/c1-12(2)24(17-10-6-5-9-15(17)20)18(25)23-11-16(21-22-23)13-7-3-4-8-14(13)19/h3-12H,1-2H3. The lowest BCUT2D eigenvalue weighted by molar-refractivity contribution is 0.242. The number of carbonyl (C=O) groups is 1. The van der Waals surface area contributed by atoms with Crippen molar-refractivity contribution >= 4 is 23.3 Å². The van der Waals surface area contributed by atoms with Crippen molar-refractivity contribution in [3.63, 3.8) is 0 Å². The first-order valence-electron chi connectivity index (χ1n) is 7.74. The summed E-state index contributed by atoms with van der Waals surface area (Å²) >= 11 is 6.16. The minimum Gasteiger partial charge on any atom is -0.287 e. The van der Waals surface area contributed by atoms with Gasteiger partial charge in [0.05, 0.1) is 16.9 Å². The van der Waals surface area contributed by atoms with Crippen LogP contribution in [0.25, 0.3) is 11.3 Å². The number of nitrogens with zero attached hydrogens (tertiary/aromatic N) is 4. The Morgan fingerprint density at radius 1 is 1.16 bits per heavy atom. The molecule has 0 saturated carbocycles. The highest BCUT2D eigenvalue weighted by Gasteiger charge is 2.24. The number of para-hydroxylation sites is 1. The van der Waals surface area contributed by atoms with Gasteiger partial charge in [0.1, 0.15) is 11.5 Å². The molecule has 5 nitrogen and oxygen atoms in total. The molecule has 3 rings (SSSR count). The number of halogens is 2. The van der Waals surface area contributed by atoms with Crippen molar-refractivity contribution in [1.29, 1.82) is 0 Å². The van der Waals surface area contributed by atoms with Gasteiger partial charge < -0.3 is 0 Å². The Morgan fingerprint density at radius 2 is 1.84 bits per heavy atom. The summed E-state index contributed by atoms with van der Waals surface area (Å²) in [4.78, 5) is 14.2. The van der Waals surface area contributed by atoms with E-state index in [-0.39, 0.29) is 11.7 Å². The maximum Gasteiger partial charge on any atom is 0.350 e. The number of hydrogen-bond donors (Lipinski definition) is 0. The lowest BCUT2D eigenvalue weighted by Crippen LogP contribution is -2.40. The lowest BCUT2D eigenvalue weighted by Gasteiger charge is -2.26. The van der Waals surface area contributed by atoms with E-state index in [4.69, 9.17) is 11.6 Å². The average molecular weight is 359 g/mol. The van der Waals surface area contributed by atoms with Crippen molar-refractivity contribution in [2.75, 3.05) is 4.90 Å². The zero-order chi connectivity index (χ0) is 18.0. The van der Waals surface area contributed by atoms with Crippen LogP contribution in [0.3, 0.4) is 0 Å². The molecule has 1 amide bonds. The fourth-order valence-corrected chi connectivity index (χ4v) is 2.74. The highest BCUT2D eigenvalue weighted by atomic mass is 35.5. The first kappa shape index (κ1) is 17.1. The topological polar surface area (TPSA) is 51.0 Å². The van der Waals surface area contributed by atoms with Gasteiger partial charge >= 0.3 is 6.03 Å². The molecular formula is C18H16ClFN4O. The van der Waals surface area contributed by atoms with Gasteiger partial charge in [-0.1, -0.05) is 47.1 Å². The summed E-state index contributed by atoms with van der Waals surface area (Å²) in [7, 11) is 0. The van der Waals surface area contributed by atoms with Gasteiger partial charge in [0.2, 0.25) is 0 Å². The van der Waals surface area contributed by atoms with Crippen LogP contribution in [0.5, 0.6) is 0 Å². The minimum absolute atomic E-state index is 0.192. The molecule has 25 heavy (non-hydrogen) atoms. The second-order valence-corrected chi connectivity index (χ2v) is 6.13. The number of aromatic nitrogens is 3. The van der Waals surface area contributed by atoms with Gasteiger partial charge in [-0.25, -0.2) is 9.18 Å². The third kappa shape index (κ3) is 3.39. The average Bonchev–Trinajstić information content (AvgIpc) is 3.06. The molecule has 3 aromatic rings. The normalized spacial score (nSPS) is 10.9. The van der Waals surface area contributed by atoms with E-state index in [2.05, 4.69) is 10.3 Å². The summed E-state index contributed by atoms with van der Waals surface area (Å²) in [5.41, 5.74) is 1.33. The lowest BCUT2D eigenvalue weighted by atomic mass is 10.2. The first-order chi connectivity index (χ1) is 12.0. The molecule has 0 aliphatic rings. The third-order valence-corrected chi connectivity index (χ3v) is 4.00. The van der Waals surface area contributed by atoms with E-state index in [0.29, 0.717) is 16.3 Å². The van der Waals surface area contributed by atoms with Gasteiger partial charge in [-0.05, 0) is 32.0 Å². The van der Waals surface area contributed by atoms with Crippen LogP contribution in [-0.2, 0) is 0 Å². The summed E-state index contributed by atoms with van der Waals surface area (Å²) < 4.78 is 15.2. The van der Waals surface area contributed by atoms with Gasteiger partial charge in [0.15, 0.2) is 0 Å². The van der Waals surface area contributed by atoms with Crippen LogP contribution >= 0.6 is 11.6 Å². The van der Waals surface area contributed by atoms with Crippen LogP contribution in [0.2, 0.25) is 5.02 Å². The van der Waals surface area contributed by atoms with Crippen molar-refractivity contribution in [3.8, 4) is 11.3 Å². The maximum absolute atomic E-state index is 14.1. The zero-order valence-corrected chi connectivity index (χ0v) is 14.5. The van der Waals surface area contributed by atoms with E-state index in [0.717, 1.165) is 4.68 Å². The van der Waals surface area contributed by atoms with Crippen LogP contribution in [0.4, 0.5) is 14.9 Å². The number of carbonyl (C=O) groups excluding carboxylic acids is 1. The van der Waals surface area contributed by atoms with E-state index in [1.54, 1.807) is 50.2 Å². The molecule has 0 N–H and O–H groups in total. The predicted molar refractivity (Wildman–Crippen MR) is 95.3 cm³/mol. The van der Waals surface area contributed by atoms with Crippen LogP contribution in [-0.4, -0.2) is 27.1 Å². The summed E-state index contributed by atoms with van der Waals surface area (Å²) in [6.45, 7) is 3.60. The molecule has 7 heteroatoms. The van der Waals surface area contributed by atoms with Crippen molar-refractivity contribution in [3.05, 3.63) is 65.6 Å². The minimum atomic E-state index is -0.495. The summed E-state index contributed by atoms with van der Waals surface area (Å²) in [6, 6.07) is 12.5. The van der Waals surface area contributed by atoms with E-state index >= 15 is 0 Å². The first-order valence-corrected chi connectivity index (χ1v) is 8.12. The van der Waals surface area contributed by atoms with Crippen LogP contribution in [0.1, 0.15) is 13.8 Å². The monoisotopic (exact) mass is 358 g/mol. The van der Waals surface area contributed by atoms with Crippen molar-refractivity contribution in [2.45, 2.75) is 19.9 Å². The quantitative estimate of drug-likeness (QED) is 0.686. The molecule has 0 spiro atoms. The molecule has 128 valence electrons. The van der Waals surface area contributed by atoms with Crippen molar-refractivity contribution < 1.29 is 9.18 Å². The Morgan fingerprint density at radius 3 is 2.52 bits per heavy atom. The zero-order valence-electron chi connectivity index (χ0n) is 13.7. The molecule has 1 aromatic heterocycles. The van der Waals surface area contributed by atoms with E-state index in [1.165, 1.54) is 17.2 Å². The number of rotatable bonds is 3. The summed E-state index contributed by atoms with van der Waals surface area (Å²) in [5, 5.41) is 8.41. The van der Waals surface area contributed by atoms with Crippen LogP contribution in [0, 0.1) is 5.82 Å². The van der Waals surface area contributed by atoms with Gasteiger partial charge in [-0.3, -0.25) is 4.90 Å². The highest BCUT2D eigenvalue weighted by molar-refractivity contribution is 6.33. The van der Waals surface area contributed by atoms with E-state index in [1.807, 2.05) is 6.07 Å². The fourth-order valence-electron chi connectivity index (χ4n) is 2.51. The molecule has 0 fully saturated rings. The Hall–Kier alpha value is -2.73. The number of benzene rings is 2. The van der Waals surface area contributed by atoms with Gasteiger partial charge in [-0.15, -0.1) is 5.10 Å². The number of hydrogen-bond acceptors (Lipinski definition) is 3. The molecule has 0 aliphatic carbocycles. The molecule has 0 radical (unpaired) electrons. The Labute approximate surface area is 149 Å². The molecular weight excluding hydrogens is 343 g/mol. The molecule has 0 saturated heterocycles. The number of anilines is 1. The largest absolute Gasteiger partial charge is 0.350 e. The Balaban J connectivity index is 1.97. The van der Waals surface area contributed by atoms with Crippen LogP contribution in [0.15, 0.2) is 54.7 Å². The predicted octanol–water partition coefficient (Wildman–Crippen LogP) is 4.62. The number of amides is 1. The molecule has 0 unspecified atom stereocenters. The van der Waals surface area contributed by atoms with Gasteiger partial charge in [0.25, 0.3) is 0 Å². The Bertz CT molecular complexity index is 909. The fraction of sp³-hybridized carbons (Fsp3) is 0.167. The maximum atomic E-state index is 14.1. The molecule has 0 bridgehead atoms. The van der Waals surface area contributed by atoms with Crippen molar-refractivity contribution in [2.24, 2.45) is 0 Å². The smallest absolute Gasteiger partial charge is 0.287 e. The Kier molecular flexibility index (Phi) is 4.81.